The smallest absolute Gasteiger partial charge is 0.262 e. The van der Waals surface area contributed by atoms with Crippen LogP contribution in [-0.2, 0) is 11.3 Å². The second-order valence-electron chi connectivity index (χ2n) is 10.8. The summed E-state index contributed by atoms with van der Waals surface area (Å²) < 4.78 is 3.45. The first-order valence-corrected chi connectivity index (χ1v) is 15.5. The number of fused-ring (bicyclic) bond motifs is 1. The molecule has 3 aromatic carbocycles. The number of rotatable bonds is 6. The molecule has 1 amide bonds. The molecule has 2 heterocycles. The van der Waals surface area contributed by atoms with E-state index in [1.165, 1.54) is 41.4 Å². The lowest BCUT2D eigenvalue weighted by Crippen LogP contribution is -2.48. The molecule has 3 atom stereocenters. The normalized spacial score (nSPS) is 22.6. The fourth-order valence-corrected chi connectivity index (χ4v) is 7.57. The topological polar surface area (TPSA) is 37.3 Å². The zero-order valence-corrected chi connectivity index (χ0v) is 24.8. The molecule has 0 spiro atoms. The van der Waals surface area contributed by atoms with E-state index in [1.807, 2.05) is 18.2 Å². The van der Waals surface area contributed by atoms with E-state index in [0.717, 1.165) is 33.6 Å². The van der Waals surface area contributed by atoms with Crippen LogP contribution in [0, 0.1) is 12.8 Å². The van der Waals surface area contributed by atoms with Gasteiger partial charge in [0.25, 0.3) is 5.91 Å². The largest absolute Gasteiger partial charge is 0.356 e. The lowest BCUT2D eigenvalue weighted by molar-refractivity contribution is -0.129. The van der Waals surface area contributed by atoms with Crippen LogP contribution in [0.4, 0.5) is 5.69 Å². The van der Waals surface area contributed by atoms with E-state index in [2.05, 4.69) is 111 Å². The molecule has 4 nitrogen and oxygen atoms in total. The summed E-state index contributed by atoms with van der Waals surface area (Å²) in [5.74, 6) is 0.647. The predicted octanol–water partition coefficient (Wildman–Crippen LogP) is 8.65. The van der Waals surface area contributed by atoms with Crippen LogP contribution in [0.25, 0.3) is 17.0 Å². The van der Waals surface area contributed by atoms with Crippen LogP contribution in [0.2, 0.25) is 0 Å². The van der Waals surface area contributed by atoms with Crippen LogP contribution in [0.3, 0.4) is 0 Å². The van der Waals surface area contributed by atoms with Crippen LogP contribution in [0.15, 0.2) is 88.2 Å². The molecule has 2 aliphatic rings. The van der Waals surface area contributed by atoms with Gasteiger partial charge in [0.1, 0.15) is 0 Å². The van der Waals surface area contributed by atoms with Gasteiger partial charge in [-0.05, 0) is 67.7 Å². The van der Waals surface area contributed by atoms with Crippen molar-refractivity contribution in [3.8, 4) is 0 Å². The van der Waals surface area contributed by atoms with Gasteiger partial charge in [-0.1, -0.05) is 96.0 Å². The van der Waals surface area contributed by atoms with Crippen LogP contribution in [0.1, 0.15) is 49.4 Å². The number of benzene rings is 3. The quantitative estimate of drug-likeness (QED) is 0.225. The van der Waals surface area contributed by atoms with E-state index in [1.54, 1.807) is 11.8 Å². The SMILES string of the molecule is Cc1c(/C=C2\SC(Nc3ccccc3)N([C@H]3CCCC[C@H]3C)C2=O)c2ccccc2n1Cc1ccc(Br)cc1. The third-order valence-electron chi connectivity index (χ3n) is 8.23. The molecular weight excluding hydrogens is 566 g/mol. The lowest BCUT2D eigenvalue weighted by Gasteiger charge is -2.39. The maximum Gasteiger partial charge on any atom is 0.262 e. The number of hydrogen-bond donors (Lipinski definition) is 1. The maximum absolute atomic E-state index is 14.1. The maximum atomic E-state index is 14.1. The highest BCUT2D eigenvalue weighted by molar-refractivity contribution is 9.10. The summed E-state index contributed by atoms with van der Waals surface area (Å²) in [4.78, 5) is 17.1. The number of carbonyl (C=O) groups is 1. The molecule has 4 aromatic rings. The zero-order valence-electron chi connectivity index (χ0n) is 22.4. The molecule has 0 radical (unpaired) electrons. The molecule has 1 aromatic heterocycles. The third kappa shape index (κ3) is 5.29. The highest BCUT2D eigenvalue weighted by Crippen LogP contribution is 2.43. The Morgan fingerprint density at radius 2 is 1.69 bits per heavy atom. The summed E-state index contributed by atoms with van der Waals surface area (Å²) in [5, 5.41) is 4.85. The highest BCUT2D eigenvalue weighted by Gasteiger charge is 2.43. The number of nitrogens with zero attached hydrogens (tertiary/aromatic N) is 2. The van der Waals surface area contributed by atoms with Gasteiger partial charge in [-0.15, -0.1) is 0 Å². The van der Waals surface area contributed by atoms with Gasteiger partial charge in [-0.25, -0.2) is 0 Å². The molecule has 6 heteroatoms. The van der Waals surface area contributed by atoms with Crippen molar-refractivity contribution in [2.24, 2.45) is 5.92 Å². The molecule has 2 fully saturated rings. The number of hydrogen-bond acceptors (Lipinski definition) is 3. The summed E-state index contributed by atoms with van der Waals surface area (Å²) >= 11 is 5.20. The van der Waals surface area contributed by atoms with E-state index >= 15 is 0 Å². The molecule has 6 rings (SSSR count). The third-order valence-corrected chi connectivity index (χ3v) is 9.88. The molecule has 1 aliphatic carbocycles. The Morgan fingerprint density at radius 1 is 0.974 bits per heavy atom. The van der Waals surface area contributed by atoms with Crippen LogP contribution >= 0.6 is 27.7 Å². The van der Waals surface area contributed by atoms with Crippen molar-refractivity contribution in [2.75, 3.05) is 5.32 Å². The summed E-state index contributed by atoms with van der Waals surface area (Å²) in [5.41, 5.74) is 5.68. The van der Waals surface area contributed by atoms with Gasteiger partial charge in [0.15, 0.2) is 5.50 Å². The highest BCUT2D eigenvalue weighted by atomic mass is 79.9. The van der Waals surface area contributed by atoms with Gasteiger partial charge in [-0.3, -0.25) is 4.79 Å². The number of nitrogens with one attached hydrogen (secondary N) is 1. The summed E-state index contributed by atoms with van der Waals surface area (Å²) in [6, 6.07) is 27.6. The summed E-state index contributed by atoms with van der Waals surface area (Å²) in [7, 11) is 0. The van der Waals surface area contributed by atoms with Gasteiger partial charge in [0.2, 0.25) is 0 Å². The van der Waals surface area contributed by atoms with Crippen LogP contribution < -0.4 is 5.32 Å². The summed E-state index contributed by atoms with van der Waals surface area (Å²) in [6.45, 7) is 5.27. The minimum absolute atomic E-state index is 0.117. The number of halogens is 1. The van der Waals surface area contributed by atoms with Crippen LogP contribution in [0.5, 0.6) is 0 Å². The molecule has 1 saturated heterocycles. The molecule has 1 saturated carbocycles. The molecule has 39 heavy (non-hydrogen) atoms. The number of carbonyl (C=O) groups excluding carboxylic acids is 1. The van der Waals surface area contributed by atoms with Crippen molar-refractivity contribution >= 4 is 56.3 Å². The fraction of sp³-hybridized carbons (Fsp3) is 0.303. The van der Waals surface area contributed by atoms with E-state index < -0.39 is 0 Å². The Hall–Kier alpha value is -2.96. The van der Waals surface area contributed by atoms with Gasteiger partial charge in [-0.2, -0.15) is 0 Å². The van der Waals surface area contributed by atoms with E-state index in [9.17, 15) is 4.79 Å². The number of anilines is 1. The van der Waals surface area contributed by atoms with Crippen LogP contribution in [-0.4, -0.2) is 26.9 Å². The van der Waals surface area contributed by atoms with E-state index in [0.29, 0.717) is 5.92 Å². The Kier molecular flexibility index (Phi) is 7.59. The first-order valence-electron chi connectivity index (χ1n) is 13.8. The lowest BCUT2D eigenvalue weighted by atomic mass is 9.85. The predicted molar refractivity (Wildman–Crippen MR) is 168 cm³/mol. The van der Waals surface area contributed by atoms with E-state index in [4.69, 9.17) is 0 Å². The average molecular weight is 601 g/mol. The van der Waals surface area contributed by atoms with Gasteiger partial charge in [0.05, 0.1) is 4.91 Å². The number of amides is 1. The van der Waals surface area contributed by atoms with Gasteiger partial charge >= 0.3 is 0 Å². The van der Waals surface area contributed by atoms with Gasteiger partial charge < -0.3 is 14.8 Å². The van der Waals surface area contributed by atoms with Crippen molar-refractivity contribution in [3.05, 3.63) is 105 Å². The first kappa shape index (κ1) is 26.3. The Balaban J connectivity index is 1.39. The Bertz CT molecular complexity index is 1510. The second-order valence-corrected chi connectivity index (χ2v) is 12.8. The number of para-hydroxylation sites is 2. The van der Waals surface area contributed by atoms with Crippen molar-refractivity contribution in [1.82, 2.24) is 9.47 Å². The molecule has 0 bridgehead atoms. The minimum atomic E-state index is -0.117. The number of thioether (sulfide) groups is 1. The molecule has 200 valence electrons. The average Bonchev–Trinajstić information content (AvgIpc) is 3.39. The monoisotopic (exact) mass is 599 g/mol. The van der Waals surface area contributed by atoms with Crippen molar-refractivity contribution in [3.63, 3.8) is 0 Å². The molecular formula is C33H34BrN3OS. The fourth-order valence-electron chi connectivity index (χ4n) is 6.11. The van der Waals surface area contributed by atoms with Gasteiger partial charge in [0, 0.05) is 44.9 Å². The molecule has 1 N–H and O–H groups in total. The standard InChI is InChI=1S/C33H34BrN3OS/c1-22-10-6-8-14-29(22)37-32(38)31(39-33(37)35-26-11-4-3-5-12-26)20-28-23(2)36(30-15-9-7-13-27(28)30)21-24-16-18-25(34)19-17-24/h3-5,7,9,11-13,15-20,22,29,33,35H,6,8,10,14,21H2,1-2H3/b31-20-/t22-,29+,33?/m1/s1. The first-order chi connectivity index (χ1) is 19.0. The number of aromatic nitrogens is 1. The summed E-state index contributed by atoms with van der Waals surface area (Å²) in [6.07, 6.45) is 6.83. The molecule has 1 unspecified atom stereocenters. The second kappa shape index (κ2) is 11.3. The Labute approximate surface area is 243 Å². The Morgan fingerprint density at radius 3 is 2.46 bits per heavy atom. The van der Waals surface area contributed by atoms with Crippen molar-refractivity contribution < 1.29 is 4.79 Å². The minimum Gasteiger partial charge on any atom is -0.356 e. The van der Waals surface area contributed by atoms with Crippen molar-refractivity contribution in [2.45, 2.75) is 57.6 Å². The van der Waals surface area contributed by atoms with E-state index in [-0.39, 0.29) is 17.4 Å². The van der Waals surface area contributed by atoms with Crippen molar-refractivity contribution in [1.29, 1.82) is 0 Å². The zero-order chi connectivity index (χ0) is 26.9. The molecule has 1 aliphatic heterocycles.